The van der Waals surface area contributed by atoms with E-state index in [2.05, 4.69) is 5.32 Å². The monoisotopic (exact) mass is 340 g/mol. The molecule has 2 rings (SSSR count). The predicted octanol–water partition coefficient (Wildman–Crippen LogP) is 3.42. The summed E-state index contributed by atoms with van der Waals surface area (Å²) in [5.74, 6) is -0.394. The van der Waals surface area contributed by atoms with E-state index in [1.807, 2.05) is 0 Å². The van der Waals surface area contributed by atoms with Crippen molar-refractivity contribution in [3.05, 3.63) is 34.4 Å². The van der Waals surface area contributed by atoms with Crippen molar-refractivity contribution in [2.45, 2.75) is 50.7 Å². The van der Waals surface area contributed by atoms with Crippen molar-refractivity contribution in [1.82, 2.24) is 5.32 Å². The van der Waals surface area contributed by atoms with Crippen LogP contribution in [-0.4, -0.2) is 28.4 Å². The highest BCUT2D eigenvalue weighted by Crippen LogP contribution is 2.30. The third kappa shape index (κ3) is 4.34. The Morgan fingerprint density at radius 3 is 2.65 bits per heavy atom. The SMILES string of the molecule is CC(CCl)(Oc1ccccc1[N+](=O)[O-])C(=O)NC1CCCCC1. The Labute approximate surface area is 140 Å². The summed E-state index contributed by atoms with van der Waals surface area (Å²) in [5, 5.41) is 14.0. The number of alkyl halides is 1. The standard InChI is InChI=1S/C16H21ClN2O4/c1-16(11-17,15(20)18-12-7-3-2-4-8-12)23-14-10-6-5-9-13(14)19(21)22/h5-6,9-10,12H,2-4,7-8,11H2,1H3,(H,18,20). The number of nitro benzene ring substituents is 1. The summed E-state index contributed by atoms with van der Waals surface area (Å²) in [6.45, 7) is 1.55. The van der Waals surface area contributed by atoms with Gasteiger partial charge in [-0.05, 0) is 25.8 Å². The van der Waals surface area contributed by atoms with Gasteiger partial charge in [0.25, 0.3) is 5.91 Å². The first-order valence-corrected chi connectivity index (χ1v) is 8.29. The number of para-hydroxylation sites is 2. The first-order chi connectivity index (χ1) is 11.0. The third-order valence-electron chi connectivity index (χ3n) is 4.07. The summed E-state index contributed by atoms with van der Waals surface area (Å²) in [7, 11) is 0. The lowest BCUT2D eigenvalue weighted by molar-refractivity contribution is -0.386. The number of rotatable bonds is 6. The lowest BCUT2D eigenvalue weighted by Crippen LogP contribution is -2.53. The Morgan fingerprint density at radius 2 is 2.04 bits per heavy atom. The van der Waals surface area contributed by atoms with Crippen LogP contribution >= 0.6 is 11.6 Å². The topological polar surface area (TPSA) is 81.5 Å². The highest BCUT2D eigenvalue weighted by molar-refractivity contribution is 6.20. The van der Waals surface area contributed by atoms with Gasteiger partial charge in [-0.1, -0.05) is 31.4 Å². The average molecular weight is 341 g/mol. The fourth-order valence-corrected chi connectivity index (χ4v) is 2.83. The first kappa shape index (κ1) is 17.5. The minimum atomic E-state index is -1.36. The molecule has 1 aliphatic carbocycles. The second-order valence-electron chi connectivity index (χ2n) is 6.00. The maximum atomic E-state index is 12.6. The maximum Gasteiger partial charge on any atom is 0.310 e. The van der Waals surface area contributed by atoms with Crippen molar-refractivity contribution in [3.63, 3.8) is 0 Å². The van der Waals surface area contributed by atoms with Gasteiger partial charge in [-0.15, -0.1) is 11.6 Å². The van der Waals surface area contributed by atoms with Gasteiger partial charge < -0.3 is 10.1 Å². The minimum absolute atomic E-state index is 0.0412. The molecule has 1 aromatic carbocycles. The molecule has 1 N–H and O–H groups in total. The number of nitro groups is 1. The molecule has 0 spiro atoms. The molecule has 1 fully saturated rings. The van der Waals surface area contributed by atoms with Gasteiger partial charge in [0.1, 0.15) is 0 Å². The zero-order valence-corrected chi connectivity index (χ0v) is 13.8. The fourth-order valence-electron chi connectivity index (χ4n) is 2.66. The first-order valence-electron chi connectivity index (χ1n) is 7.75. The van der Waals surface area contributed by atoms with Crippen LogP contribution in [0, 0.1) is 10.1 Å². The van der Waals surface area contributed by atoms with Gasteiger partial charge in [-0.25, -0.2) is 0 Å². The van der Waals surface area contributed by atoms with Crippen molar-refractivity contribution in [1.29, 1.82) is 0 Å². The second-order valence-corrected chi connectivity index (χ2v) is 6.27. The smallest absolute Gasteiger partial charge is 0.310 e. The van der Waals surface area contributed by atoms with Gasteiger partial charge in [-0.3, -0.25) is 14.9 Å². The molecule has 0 saturated heterocycles. The number of nitrogens with one attached hydrogen (secondary N) is 1. The summed E-state index contributed by atoms with van der Waals surface area (Å²) in [6, 6.07) is 6.09. The zero-order valence-electron chi connectivity index (χ0n) is 13.1. The molecule has 6 nitrogen and oxygen atoms in total. The summed E-state index contributed by atoms with van der Waals surface area (Å²) < 4.78 is 5.66. The Hall–Kier alpha value is -1.82. The van der Waals surface area contributed by atoms with E-state index in [0.29, 0.717) is 0 Å². The summed E-state index contributed by atoms with van der Waals surface area (Å²) in [5.41, 5.74) is -1.54. The molecule has 0 aliphatic heterocycles. The molecule has 1 aromatic rings. The number of halogens is 1. The van der Waals surface area contributed by atoms with Crippen molar-refractivity contribution in [2.24, 2.45) is 0 Å². The highest BCUT2D eigenvalue weighted by atomic mass is 35.5. The number of ether oxygens (including phenoxy) is 1. The Morgan fingerprint density at radius 1 is 1.39 bits per heavy atom. The number of carbonyl (C=O) groups excluding carboxylic acids is 1. The summed E-state index contributed by atoms with van der Waals surface area (Å²) >= 11 is 5.95. The van der Waals surface area contributed by atoms with Gasteiger partial charge in [-0.2, -0.15) is 0 Å². The van der Waals surface area contributed by atoms with Crippen LogP contribution in [0.2, 0.25) is 0 Å². The number of benzene rings is 1. The molecule has 0 bridgehead atoms. The van der Waals surface area contributed by atoms with Crippen molar-refractivity contribution >= 4 is 23.2 Å². The Kier molecular flexibility index (Phi) is 5.82. The quantitative estimate of drug-likeness (QED) is 0.488. The van der Waals surface area contributed by atoms with Crippen LogP contribution in [0.4, 0.5) is 5.69 Å². The molecule has 1 aliphatic rings. The van der Waals surface area contributed by atoms with E-state index in [-0.39, 0.29) is 29.3 Å². The number of hydrogen-bond acceptors (Lipinski definition) is 4. The minimum Gasteiger partial charge on any atom is -0.469 e. The van der Waals surface area contributed by atoms with Crippen LogP contribution in [0.1, 0.15) is 39.0 Å². The molecule has 0 radical (unpaired) electrons. The molecule has 1 amide bonds. The molecule has 7 heteroatoms. The molecule has 1 saturated carbocycles. The molecule has 0 heterocycles. The summed E-state index contributed by atoms with van der Waals surface area (Å²) in [4.78, 5) is 23.1. The summed E-state index contributed by atoms with van der Waals surface area (Å²) in [6.07, 6.45) is 5.25. The number of nitrogens with zero attached hydrogens (tertiary/aromatic N) is 1. The normalized spacial score (nSPS) is 18.0. The second kappa shape index (κ2) is 7.64. The number of carbonyl (C=O) groups is 1. The zero-order chi connectivity index (χ0) is 16.9. The number of hydrogen-bond donors (Lipinski definition) is 1. The average Bonchev–Trinajstić information content (AvgIpc) is 2.56. The van der Waals surface area contributed by atoms with E-state index in [4.69, 9.17) is 16.3 Å². The lowest BCUT2D eigenvalue weighted by Gasteiger charge is -2.31. The van der Waals surface area contributed by atoms with E-state index >= 15 is 0 Å². The van der Waals surface area contributed by atoms with Crippen LogP contribution in [0.5, 0.6) is 5.75 Å². The van der Waals surface area contributed by atoms with Crippen LogP contribution in [0.3, 0.4) is 0 Å². The molecule has 126 valence electrons. The lowest BCUT2D eigenvalue weighted by atomic mass is 9.94. The van der Waals surface area contributed by atoms with Crippen LogP contribution in [0.25, 0.3) is 0 Å². The Bertz CT molecular complexity index is 575. The van der Waals surface area contributed by atoms with Crippen molar-refractivity contribution in [2.75, 3.05) is 5.88 Å². The molecule has 23 heavy (non-hydrogen) atoms. The molecular formula is C16H21ClN2O4. The van der Waals surface area contributed by atoms with E-state index in [0.717, 1.165) is 25.7 Å². The van der Waals surface area contributed by atoms with E-state index in [1.165, 1.54) is 18.6 Å². The van der Waals surface area contributed by atoms with Crippen LogP contribution < -0.4 is 10.1 Å². The number of amides is 1. The molecular weight excluding hydrogens is 320 g/mol. The van der Waals surface area contributed by atoms with Crippen LogP contribution in [0.15, 0.2) is 24.3 Å². The van der Waals surface area contributed by atoms with Gasteiger partial charge in [0.05, 0.1) is 10.8 Å². The predicted molar refractivity (Wildman–Crippen MR) is 87.9 cm³/mol. The third-order valence-corrected chi connectivity index (χ3v) is 4.58. The van der Waals surface area contributed by atoms with Gasteiger partial charge >= 0.3 is 5.69 Å². The highest BCUT2D eigenvalue weighted by Gasteiger charge is 2.38. The van der Waals surface area contributed by atoms with Gasteiger partial charge in [0.15, 0.2) is 11.4 Å². The molecule has 1 atom stereocenters. The van der Waals surface area contributed by atoms with Crippen molar-refractivity contribution in [3.8, 4) is 5.75 Å². The van der Waals surface area contributed by atoms with Crippen molar-refractivity contribution < 1.29 is 14.5 Å². The largest absolute Gasteiger partial charge is 0.469 e. The van der Waals surface area contributed by atoms with Gasteiger partial charge in [0.2, 0.25) is 0 Å². The van der Waals surface area contributed by atoms with E-state index < -0.39 is 10.5 Å². The van der Waals surface area contributed by atoms with Gasteiger partial charge in [0, 0.05) is 12.1 Å². The fraction of sp³-hybridized carbons (Fsp3) is 0.562. The Balaban J connectivity index is 2.13. The van der Waals surface area contributed by atoms with E-state index in [9.17, 15) is 14.9 Å². The van der Waals surface area contributed by atoms with Crippen LogP contribution in [-0.2, 0) is 4.79 Å². The molecule has 1 unspecified atom stereocenters. The van der Waals surface area contributed by atoms with E-state index in [1.54, 1.807) is 19.1 Å². The maximum absolute atomic E-state index is 12.6. The molecule has 0 aromatic heterocycles.